The van der Waals surface area contributed by atoms with Gasteiger partial charge in [0.05, 0.1) is 23.6 Å². The van der Waals surface area contributed by atoms with Gasteiger partial charge in [-0.05, 0) is 36.8 Å². The van der Waals surface area contributed by atoms with Crippen LogP contribution in [0, 0.1) is 0 Å². The summed E-state index contributed by atoms with van der Waals surface area (Å²) in [7, 11) is 0. The maximum atomic E-state index is 4.85. The third kappa shape index (κ3) is 2.10. The molecule has 1 aliphatic rings. The fourth-order valence-corrected chi connectivity index (χ4v) is 3.15. The van der Waals surface area contributed by atoms with Crippen LogP contribution in [-0.4, -0.2) is 18.2 Å². The standard InChI is InChI=1S/C19H19N3/c1-2-13-21-14-22(18-10-6-5-9-17(18)21)19-12-11-15-7-3-4-8-16(15)20-19/h3-12H,2,13-14H2,1H3. The van der Waals surface area contributed by atoms with Gasteiger partial charge in [0.1, 0.15) is 5.82 Å². The van der Waals surface area contributed by atoms with Crippen LogP contribution in [0.4, 0.5) is 17.2 Å². The molecule has 3 heteroatoms. The lowest BCUT2D eigenvalue weighted by molar-refractivity contribution is 0.792. The fourth-order valence-electron chi connectivity index (χ4n) is 3.15. The molecule has 0 atom stereocenters. The van der Waals surface area contributed by atoms with E-state index in [2.05, 4.69) is 71.3 Å². The van der Waals surface area contributed by atoms with Crippen LogP contribution in [0.1, 0.15) is 13.3 Å². The molecule has 3 nitrogen and oxygen atoms in total. The van der Waals surface area contributed by atoms with E-state index in [1.165, 1.54) is 16.8 Å². The van der Waals surface area contributed by atoms with Crippen molar-refractivity contribution < 1.29 is 0 Å². The van der Waals surface area contributed by atoms with E-state index >= 15 is 0 Å². The fraction of sp³-hybridized carbons (Fsp3) is 0.211. The van der Waals surface area contributed by atoms with Crippen LogP contribution in [0.3, 0.4) is 0 Å². The lowest BCUT2D eigenvalue weighted by Gasteiger charge is -2.20. The van der Waals surface area contributed by atoms with E-state index in [1.807, 2.05) is 6.07 Å². The van der Waals surface area contributed by atoms with Crippen LogP contribution in [0.5, 0.6) is 0 Å². The van der Waals surface area contributed by atoms with Crippen molar-refractivity contribution in [1.82, 2.24) is 4.98 Å². The number of hydrogen-bond donors (Lipinski definition) is 0. The Morgan fingerprint density at radius 3 is 2.55 bits per heavy atom. The third-order valence-corrected chi connectivity index (χ3v) is 4.18. The Bertz CT molecular complexity index is 812. The van der Waals surface area contributed by atoms with Gasteiger partial charge in [0, 0.05) is 11.9 Å². The summed E-state index contributed by atoms with van der Waals surface area (Å²) < 4.78 is 0. The Morgan fingerprint density at radius 1 is 0.909 bits per heavy atom. The van der Waals surface area contributed by atoms with Crippen LogP contribution < -0.4 is 9.80 Å². The molecule has 0 saturated heterocycles. The minimum Gasteiger partial charge on any atom is -0.352 e. The Morgan fingerprint density at radius 2 is 1.68 bits per heavy atom. The summed E-state index contributed by atoms with van der Waals surface area (Å²) >= 11 is 0. The van der Waals surface area contributed by atoms with Crippen molar-refractivity contribution >= 4 is 28.1 Å². The van der Waals surface area contributed by atoms with Crippen molar-refractivity contribution in [2.75, 3.05) is 23.0 Å². The monoisotopic (exact) mass is 289 g/mol. The molecule has 0 spiro atoms. The molecule has 0 radical (unpaired) electrons. The van der Waals surface area contributed by atoms with Crippen LogP contribution in [0.2, 0.25) is 0 Å². The third-order valence-electron chi connectivity index (χ3n) is 4.18. The zero-order chi connectivity index (χ0) is 14.9. The maximum Gasteiger partial charge on any atom is 0.135 e. The van der Waals surface area contributed by atoms with E-state index < -0.39 is 0 Å². The first kappa shape index (κ1) is 13.1. The van der Waals surface area contributed by atoms with E-state index in [1.54, 1.807) is 0 Å². The second-order valence-corrected chi connectivity index (χ2v) is 5.68. The topological polar surface area (TPSA) is 19.4 Å². The van der Waals surface area contributed by atoms with Crippen LogP contribution >= 0.6 is 0 Å². The lowest BCUT2D eigenvalue weighted by atomic mass is 10.2. The number of hydrogen-bond acceptors (Lipinski definition) is 3. The van der Waals surface area contributed by atoms with Crippen molar-refractivity contribution in [3.8, 4) is 0 Å². The Labute approximate surface area is 130 Å². The highest BCUT2D eigenvalue weighted by molar-refractivity contribution is 5.85. The van der Waals surface area contributed by atoms with Gasteiger partial charge in [0.25, 0.3) is 0 Å². The molecule has 22 heavy (non-hydrogen) atoms. The molecule has 0 fully saturated rings. The largest absolute Gasteiger partial charge is 0.352 e. The summed E-state index contributed by atoms with van der Waals surface area (Å²) in [6.07, 6.45) is 1.15. The van der Waals surface area contributed by atoms with Gasteiger partial charge in [0.15, 0.2) is 0 Å². The van der Waals surface area contributed by atoms with Gasteiger partial charge >= 0.3 is 0 Å². The summed E-state index contributed by atoms with van der Waals surface area (Å²) in [5.74, 6) is 1.02. The second kappa shape index (κ2) is 5.34. The Balaban J connectivity index is 1.78. The number of anilines is 3. The highest BCUT2D eigenvalue weighted by Gasteiger charge is 2.26. The van der Waals surface area contributed by atoms with Crippen LogP contribution in [0.25, 0.3) is 10.9 Å². The van der Waals surface area contributed by atoms with E-state index in [0.29, 0.717) is 0 Å². The normalized spacial score (nSPS) is 13.7. The summed E-state index contributed by atoms with van der Waals surface area (Å²) in [6, 6.07) is 21.1. The lowest BCUT2D eigenvalue weighted by Crippen LogP contribution is -2.28. The predicted octanol–water partition coefficient (Wildman–Crippen LogP) is 4.56. The van der Waals surface area contributed by atoms with Crippen LogP contribution in [0.15, 0.2) is 60.7 Å². The first-order chi connectivity index (χ1) is 10.9. The molecule has 0 unspecified atom stereocenters. The van der Waals surface area contributed by atoms with E-state index in [9.17, 15) is 0 Å². The molecule has 0 N–H and O–H groups in total. The predicted molar refractivity (Wildman–Crippen MR) is 92.8 cm³/mol. The minimum atomic E-state index is 0.874. The van der Waals surface area contributed by atoms with Crippen molar-refractivity contribution in [1.29, 1.82) is 0 Å². The van der Waals surface area contributed by atoms with Gasteiger partial charge in [-0.3, -0.25) is 0 Å². The van der Waals surface area contributed by atoms with E-state index in [-0.39, 0.29) is 0 Å². The number of nitrogens with zero attached hydrogens (tertiary/aromatic N) is 3. The van der Waals surface area contributed by atoms with Gasteiger partial charge in [0.2, 0.25) is 0 Å². The molecular formula is C19H19N3. The number of fused-ring (bicyclic) bond motifs is 2. The molecule has 110 valence electrons. The number of aromatic nitrogens is 1. The van der Waals surface area contributed by atoms with Gasteiger partial charge in [-0.25, -0.2) is 4.98 Å². The molecule has 1 aromatic heterocycles. The summed E-state index contributed by atoms with van der Waals surface area (Å²) in [5, 5.41) is 1.18. The summed E-state index contributed by atoms with van der Waals surface area (Å²) in [6.45, 7) is 4.17. The molecule has 2 aromatic carbocycles. The molecule has 0 saturated carbocycles. The van der Waals surface area contributed by atoms with Crippen molar-refractivity contribution in [3.63, 3.8) is 0 Å². The molecule has 2 heterocycles. The zero-order valence-corrected chi connectivity index (χ0v) is 12.7. The molecule has 0 aliphatic carbocycles. The van der Waals surface area contributed by atoms with Gasteiger partial charge in [-0.1, -0.05) is 37.3 Å². The van der Waals surface area contributed by atoms with Gasteiger partial charge < -0.3 is 9.80 Å². The first-order valence-electron chi connectivity index (χ1n) is 7.84. The number of para-hydroxylation sites is 3. The number of pyridine rings is 1. The van der Waals surface area contributed by atoms with Crippen molar-refractivity contribution in [2.24, 2.45) is 0 Å². The number of rotatable bonds is 3. The first-order valence-corrected chi connectivity index (χ1v) is 7.84. The highest BCUT2D eigenvalue weighted by atomic mass is 15.4. The summed E-state index contributed by atoms with van der Waals surface area (Å²) in [4.78, 5) is 9.58. The van der Waals surface area contributed by atoms with Crippen molar-refractivity contribution in [3.05, 3.63) is 60.7 Å². The minimum absolute atomic E-state index is 0.874. The molecule has 1 aliphatic heterocycles. The zero-order valence-electron chi connectivity index (χ0n) is 12.7. The SMILES string of the molecule is CCCN1CN(c2ccc3ccccc3n2)c2ccccc21. The Kier molecular flexibility index (Phi) is 3.19. The average molecular weight is 289 g/mol. The smallest absolute Gasteiger partial charge is 0.135 e. The summed E-state index contributed by atoms with van der Waals surface area (Å²) in [5.41, 5.74) is 3.60. The molecule has 4 rings (SSSR count). The highest BCUT2D eigenvalue weighted by Crippen LogP contribution is 2.39. The second-order valence-electron chi connectivity index (χ2n) is 5.68. The molecular weight excluding hydrogens is 270 g/mol. The Hall–Kier alpha value is -2.55. The van der Waals surface area contributed by atoms with E-state index in [4.69, 9.17) is 4.98 Å². The maximum absolute atomic E-state index is 4.85. The van der Waals surface area contributed by atoms with Crippen LogP contribution in [-0.2, 0) is 0 Å². The van der Waals surface area contributed by atoms with Crippen molar-refractivity contribution in [2.45, 2.75) is 13.3 Å². The van der Waals surface area contributed by atoms with Gasteiger partial charge in [-0.15, -0.1) is 0 Å². The number of benzene rings is 2. The van der Waals surface area contributed by atoms with E-state index in [0.717, 1.165) is 31.0 Å². The molecule has 3 aromatic rings. The quantitative estimate of drug-likeness (QED) is 0.704. The van der Waals surface area contributed by atoms with Gasteiger partial charge in [-0.2, -0.15) is 0 Å². The molecule has 0 bridgehead atoms. The molecule has 0 amide bonds. The average Bonchev–Trinajstić information content (AvgIpc) is 2.94.